The number of piperidine rings is 1. The Bertz CT molecular complexity index is 552. The second kappa shape index (κ2) is 13.8. The summed E-state index contributed by atoms with van der Waals surface area (Å²) in [6.45, 7) is 14.8. The summed E-state index contributed by atoms with van der Waals surface area (Å²) < 4.78 is 0. The molecule has 0 bridgehead atoms. The first kappa shape index (κ1) is 26.6. The average Bonchev–Trinajstić information content (AvgIpc) is 3.32. The van der Waals surface area contributed by atoms with Crippen LogP contribution in [0.5, 0.6) is 0 Å². The third kappa shape index (κ3) is 8.03. The van der Waals surface area contributed by atoms with E-state index in [9.17, 15) is 4.79 Å². The summed E-state index contributed by atoms with van der Waals surface area (Å²) in [5.41, 5.74) is 0. The SMILES string of the molecule is CN=C(NCCCCN1CCC(C)CC1)N1CCN(C(C)C(=O)N2CCCC2)CC1.I. The molecule has 0 radical (unpaired) electrons. The van der Waals surface area contributed by atoms with E-state index in [1.54, 1.807) is 0 Å². The summed E-state index contributed by atoms with van der Waals surface area (Å²) in [5, 5.41) is 3.56. The fraction of sp³-hybridized carbons (Fsp3) is 0.913. The van der Waals surface area contributed by atoms with Gasteiger partial charge < -0.3 is 20.0 Å². The summed E-state index contributed by atoms with van der Waals surface area (Å²) in [7, 11) is 1.88. The van der Waals surface area contributed by atoms with Crippen molar-refractivity contribution in [2.24, 2.45) is 10.9 Å². The van der Waals surface area contributed by atoms with Gasteiger partial charge in [0, 0.05) is 52.9 Å². The molecule has 0 aromatic heterocycles. The van der Waals surface area contributed by atoms with Crippen LogP contribution >= 0.6 is 24.0 Å². The number of hydrogen-bond acceptors (Lipinski definition) is 4. The zero-order valence-corrected chi connectivity index (χ0v) is 22.4. The van der Waals surface area contributed by atoms with Crippen LogP contribution in [0.3, 0.4) is 0 Å². The summed E-state index contributed by atoms with van der Waals surface area (Å²) in [6, 6.07) is -0.00185. The Balaban J connectivity index is 0.00000341. The third-order valence-corrected chi connectivity index (χ3v) is 7.21. The second-order valence-electron chi connectivity index (χ2n) is 9.44. The molecule has 0 saturated carbocycles. The van der Waals surface area contributed by atoms with Crippen LogP contribution in [0.1, 0.15) is 52.4 Å². The number of carbonyl (C=O) groups excluding carboxylic acids is 1. The highest BCUT2D eigenvalue weighted by molar-refractivity contribution is 14.0. The Labute approximate surface area is 207 Å². The summed E-state index contributed by atoms with van der Waals surface area (Å²) in [5.74, 6) is 2.24. The zero-order chi connectivity index (χ0) is 21.3. The van der Waals surface area contributed by atoms with Crippen LogP contribution in [0, 0.1) is 5.92 Å². The molecule has 180 valence electrons. The van der Waals surface area contributed by atoms with E-state index in [1.165, 1.54) is 45.3 Å². The van der Waals surface area contributed by atoms with Gasteiger partial charge in [-0.3, -0.25) is 14.7 Å². The molecular formula is C23H45IN6O. The topological polar surface area (TPSA) is 54.4 Å². The van der Waals surface area contributed by atoms with Gasteiger partial charge in [-0.15, -0.1) is 24.0 Å². The number of hydrogen-bond donors (Lipinski definition) is 1. The number of rotatable bonds is 7. The molecule has 31 heavy (non-hydrogen) atoms. The molecule has 3 fully saturated rings. The van der Waals surface area contributed by atoms with Crippen LogP contribution in [0.25, 0.3) is 0 Å². The van der Waals surface area contributed by atoms with E-state index in [2.05, 4.69) is 38.9 Å². The van der Waals surface area contributed by atoms with Crippen molar-refractivity contribution >= 4 is 35.8 Å². The van der Waals surface area contributed by atoms with Gasteiger partial charge in [0.05, 0.1) is 6.04 Å². The molecule has 3 rings (SSSR count). The van der Waals surface area contributed by atoms with E-state index < -0.39 is 0 Å². The minimum Gasteiger partial charge on any atom is -0.356 e. The van der Waals surface area contributed by atoms with Crippen LogP contribution < -0.4 is 5.32 Å². The first-order valence-electron chi connectivity index (χ1n) is 12.3. The lowest BCUT2D eigenvalue weighted by Crippen LogP contribution is -2.57. The molecule has 1 unspecified atom stereocenters. The predicted octanol–water partition coefficient (Wildman–Crippen LogP) is 2.32. The van der Waals surface area contributed by atoms with E-state index in [-0.39, 0.29) is 30.0 Å². The highest BCUT2D eigenvalue weighted by Crippen LogP contribution is 2.16. The number of guanidine groups is 1. The Morgan fingerprint density at radius 3 is 2.23 bits per heavy atom. The van der Waals surface area contributed by atoms with E-state index >= 15 is 0 Å². The Hall–Kier alpha value is -0.610. The van der Waals surface area contributed by atoms with Gasteiger partial charge in [0.2, 0.25) is 5.91 Å². The molecule has 0 aliphatic carbocycles. The van der Waals surface area contributed by atoms with Crippen molar-refractivity contribution in [3.63, 3.8) is 0 Å². The maximum Gasteiger partial charge on any atom is 0.239 e. The highest BCUT2D eigenvalue weighted by Gasteiger charge is 2.30. The molecule has 0 spiro atoms. The highest BCUT2D eigenvalue weighted by atomic mass is 127. The molecular weight excluding hydrogens is 503 g/mol. The van der Waals surface area contributed by atoms with Gasteiger partial charge in [-0.05, 0) is 71.0 Å². The maximum absolute atomic E-state index is 12.7. The first-order valence-corrected chi connectivity index (χ1v) is 12.3. The lowest BCUT2D eigenvalue weighted by Gasteiger charge is -2.39. The minimum atomic E-state index is -0.00185. The molecule has 3 aliphatic heterocycles. The van der Waals surface area contributed by atoms with Gasteiger partial charge in [-0.25, -0.2) is 0 Å². The van der Waals surface area contributed by atoms with Gasteiger partial charge in [0.15, 0.2) is 5.96 Å². The monoisotopic (exact) mass is 548 g/mol. The van der Waals surface area contributed by atoms with Gasteiger partial charge in [0.1, 0.15) is 0 Å². The number of amides is 1. The molecule has 1 atom stereocenters. The lowest BCUT2D eigenvalue weighted by molar-refractivity contribution is -0.135. The van der Waals surface area contributed by atoms with Crippen molar-refractivity contribution in [1.29, 1.82) is 0 Å². The first-order chi connectivity index (χ1) is 14.6. The van der Waals surface area contributed by atoms with E-state index in [0.29, 0.717) is 5.91 Å². The van der Waals surface area contributed by atoms with Crippen molar-refractivity contribution in [1.82, 2.24) is 24.9 Å². The summed E-state index contributed by atoms with van der Waals surface area (Å²) in [4.78, 5) is 26.5. The minimum absolute atomic E-state index is 0. The van der Waals surface area contributed by atoms with Gasteiger partial charge in [0.25, 0.3) is 0 Å². The largest absolute Gasteiger partial charge is 0.356 e. The van der Waals surface area contributed by atoms with Crippen molar-refractivity contribution in [3.05, 3.63) is 0 Å². The molecule has 0 aromatic rings. The molecule has 1 N–H and O–H groups in total. The molecule has 3 heterocycles. The van der Waals surface area contributed by atoms with Crippen molar-refractivity contribution in [2.45, 2.75) is 58.4 Å². The quantitative estimate of drug-likeness (QED) is 0.229. The summed E-state index contributed by atoms with van der Waals surface area (Å²) >= 11 is 0. The number of piperazine rings is 1. The zero-order valence-electron chi connectivity index (χ0n) is 20.0. The van der Waals surface area contributed by atoms with Crippen molar-refractivity contribution in [3.8, 4) is 0 Å². The fourth-order valence-corrected chi connectivity index (χ4v) is 4.96. The standard InChI is InChI=1S/C23H44N6O.HI/c1-20-8-14-26(15-9-20)11-5-4-10-25-23(24-3)29-18-16-27(17-19-29)21(2)22(30)28-12-6-7-13-28;/h20-21H,4-19H2,1-3H3,(H,24,25);1H. The molecule has 3 aliphatic rings. The number of halogens is 1. The number of aliphatic imine (C=N–C) groups is 1. The lowest BCUT2D eigenvalue weighted by atomic mass is 9.99. The molecule has 3 saturated heterocycles. The van der Waals surface area contributed by atoms with Crippen molar-refractivity contribution < 1.29 is 4.79 Å². The van der Waals surface area contributed by atoms with Crippen molar-refractivity contribution in [2.75, 3.05) is 72.5 Å². The van der Waals surface area contributed by atoms with Gasteiger partial charge >= 0.3 is 0 Å². The molecule has 8 heteroatoms. The molecule has 7 nitrogen and oxygen atoms in total. The Kier molecular flexibility index (Phi) is 11.9. The smallest absolute Gasteiger partial charge is 0.239 e. The maximum atomic E-state index is 12.7. The summed E-state index contributed by atoms with van der Waals surface area (Å²) in [6.07, 6.45) is 7.48. The Morgan fingerprint density at radius 2 is 1.61 bits per heavy atom. The third-order valence-electron chi connectivity index (χ3n) is 7.21. The van der Waals surface area contributed by atoms with Crippen LogP contribution in [0.4, 0.5) is 0 Å². The number of likely N-dealkylation sites (tertiary alicyclic amines) is 2. The van der Waals surface area contributed by atoms with Crippen LogP contribution in [0.2, 0.25) is 0 Å². The van der Waals surface area contributed by atoms with Crippen LogP contribution in [-0.2, 0) is 4.79 Å². The second-order valence-corrected chi connectivity index (χ2v) is 9.44. The van der Waals surface area contributed by atoms with Crippen LogP contribution in [0.15, 0.2) is 4.99 Å². The Morgan fingerprint density at radius 1 is 0.968 bits per heavy atom. The number of carbonyl (C=O) groups is 1. The number of nitrogens with one attached hydrogen (secondary N) is 1. The normalized spacial score (nSPS) is 23.0. The number of nitrogens with zero attached hydrogens (tertiary/aromatic N) is 5. The average molecular weight is 549 g/mol. The molecule has 0 aromatic carbocycles. The van der Waals surface area contributed by atoms with Gasteiger partial charge in [-0.1, -0.05) is 6.92 Å². The number of unbranched alkanes of at least 4 members (excludes halogenated alkanes) is 1. The van der Waals surface area contributed by atoms with Crippen LogP contribution in [-0.4, -0.2) is 110 Å². The van der Waals surface area contributed by atoms with Gasteiger partial charge in [-0.2, -0.15) is 0 Å². The fourth-order valence-electron chi connectivity index (χ4n) is 4.96. The molecule has 1 amide bonds. The van der Waals surface area contributed by atoms with E-state index in [4.69, 9.17) is 0 Å². The van der Waals surface area contributed by atoms with E-state index in [0.717, 1.165) is 70.5 Å². The predicted molar refractivity (Wildman–Crippen MR) is 139 cm³/mol. The van der Waals surface area contributed by atoms with E-state index in [1.807, 2.05) is 11.9 Å².